The molecule has 1 aromatic heterocycles. The number of hydrogen-bond donors (Lipinski definition) is 1. The topological polar surface area (TPSA) is 12.0 Å². The van der Waals surface area contributed by atoms with Crippen LogP contribution in [0.4, 0.5) is 10.1 Å². The van der Waals surface area contributed by atoms with Crippen molar-refractivity contribution in [2.24, 2.45) is 0 Å². The van der Waals surface area contributed by atoms with E-state index in [0.717, 1.165) is 11.3 Å². The summed E-state index contributed by atoms with van der Waals surface area (Å²) in [4.78, 5) is 1.23. The summed E-state index contributed by atoms with van der Waals surface area (Å²) in [6.07, 6.45) is 0. The van der Waals surface area contributed by atoms with Gasteiger partial charge in [0.2, 0.25) is 0 Å². The van der Waals surface area contributed by atoms with Gasteiger partial charge in [0.25, 0.3) is 0 Å². The Morgan fingerprint density at radius 3 is 2.65 bits per heavy atom. The molecule has 0 atom stereocenters. The molecule has 2 aromatic carbocycles. The number of rotatable bonds is 4. The van der Waals surface area contributed by atoms with E-state index < -0.39 is 0 Å². The van der Waals surface area contributed by atoms with Crippen LogP contribution in [0.25, 0.3) is 10.4 Å². The lowest BCUT2D eigenvalue weighted by molar-refractivity contribution is 0.626. The first kappa shape index (κ1) is 12.9. The van der Waals surface area contributed by atoms with Crippen LogP contribution >= 0.6 is 11.3 Å². The molecule has 0 saturated heterocycles. The summed E-state index contributed by atoms with van der Waals surface area (Å²) in [6.45, 7) is 0.611. The van der Waals surface area contributed by atoms with Crippen LogP contribution in [-0.2, 0) is 6.54 Å². The Bertz CT molecular complexity index is 692. The molecule has 100 valence electrons. The van der Waals surface area contributed by atoms with E-state index in [1.807, 2.05) is 30.3 Å². The Hall–Kier alpha value is -2.13. The van der Waals surface area contributed by atoms with E-state index in [4.69, 9.17) is 0 Å². The van der Waals surface area contributed by atoms with Gasteiger partial charge in [-0.05, 0) is 35.2 Å². The number of thiophene rings is 1. The van der Waals surface area contributed by atoms with Crippen molar-refractivity contribution in [1.82, 2.24) is 0 Å². The minimum atomic E-state index is -0.198. The molecule has 0 aliphatic heterocycles. The summed E-state index contributed by atoms with van der Waals surface area (Å²) >= 11 is 1.71. The van der Waals surface area contributed by atoms with E-state index in [0.29, 0.717) is 6.54 Å². The Morgan fingerprint density at radius 2 is 1.85 bits per heavy atom. The van der Waals surface area contributed by atoms with Crippen molar-refractivity contribution in [1.29, 1.82) is 0 Å². The van der Waals surface area contributed by atoms with Crippen molar-refractivity contribution in [3.63, 3.8) is 0 Å². The molecule has 0 fully saturated rings. The van der Waals surface area contributed by atoms with Gasteiger partial charge in [-0.25, -0.2) is 4.39 Å². The van der Waals surface area contributed by atoms with Crippen LogP contribution in [-0.4, -0.2) is 0 Å². The molecule has 1 N–H and O–H groups in total. The van der Waals surface area contributed by atoms with E-state index in [9.17, 15) is 4.39 Å². The zero-order valence-corrected chi connectivity index (χ0v) is 11.7. The number of para-hydroxylation sites is 1. The predicted molar refractivity (Wildman–Crippen MR) is 83.5 cm³/mol. The molecule has 0 bridgehead atoms. The number of nitrogens with one attached hydrogen (secondary N) is 1. The van der Waals surface area contributed by atoms with Crippen molar-refractivity contribution < 1.29 is 4.39 Å². The van der Waals surface area contributed by atoms with Gasteiger partial charge in [0, 0.05) is 22.7 Å². The summed E-state index contributed by atoms with van der Waals surface area (Å²) in [5.74, 6) is -0.198. The van der Waals surface area contributed by atoms with E-state index in [1.165, 1.54) is 16.5 Å². The van der Waals surface area contributed by atoms with Crippen LogP contribution in [0.3, 0.4) is 0 Å². The number of hydrogen-bond acceptors (Lipinski definition) is 2. The fraction of sp³-hybridized carbons (Fsp3) is 0.0588. The molecule has 0 aliphatic carbocycles. The highest BCUT2D eigenvalue weighted by Gasteiger charge is 2.05. The van der Waals surface area contributed by atoms with Crippen LogP contribution in [0, 0.1) is 5.82 Å². The lowest BCUT2D eigenvalue weighted by Gasteiger charge is -2.11. The van der Waals surface area contributed by atoms with Crippen LogP contribution in [0.15, 0.2) is 66.0 Å². The normalized spacial score (nSPS) is 10.4. The Morgan fingerprint density at radius 1 is 0.950 bits per heavy atom. The number of benzene rings is 2. The average Bonchev–Trinajstić information content (AvgIpc) is 3.00. The van der Waals surface area contributed by atoms with E-state index in [2.05, 4.69) is 22.8 Å². The number of halogens is 1. The molecule has 20 heavy (non-hydrogen) atoms. The predicted octanol–water partition coefficient (Wildman–Crippen LogP) is 5.17. The van der Waals surface area contributed by atoms with Gasteiger partial charge in [-0.1, -0.05) is 36.4 Å². The standard InChI is InChI=1S/C17H14FNS/c18-14-6-3-5-13(11-14)12-19-16-8-2-1-7-15(16)17-9-4-10-20-17/h1-11,19H,12H2. The van der Waals surface area contributed by atoms with Gasteiger partial charge < -0.3 is 5.32 Å². The second-order valence-electron chi connectivity index (χ2n) is 4.51. The van der Waals surface area contributed by atoms with E-state index >= 15 is 0 Å². The molecule has 1 nitrogen and oxygen atoms in total. The highest BCUT2D eigenvalue weighted by atomic mass is 32.1. The fourth-order valence-electron chi connectivity index (χ4n) is 2.13. The minimum absolute atomic E-state index is 0.198. The van der Waals surface area contributed by atoms with E-state index in [-0.39, 0.29) is 5.82 Å². The summed E-state index contributed by atoms with van der Waals surface area (Å²) in [7, 11) is 0. The third kappa shape index (κ3) is 2.89. The van der Waals surface area contributed by atoms with Gasteiger partial charge in [-0.2, -0.15) is 0 Å². The summed E-state index contributed by atoms with van der Waals surface area (Å²) < 4.78 is 13.2. The molecule has 0 saturated carbocycles. The third-order valence-electron chi connectivity index (χ3n) is 3.09. The lowest BCUT2D eigenvalue weighted by atomic mass is 10.1. The zero-order chi connectivity index (χ0) is 13.8. The van der Waals surface area contributed by atoms with Gasteiger partial charge in [0.1, 0.15) is 5.82 Å². The first-order valence-corrected chi connectivity index (χ1v) is 7.32. The van der Waals surface area contributed by atoms with Crippen molar-refractivity contribution >= 4 is 17.0 Å². The molecule has 3 rings (SSSR count). The van der Waals surface area contributed by atoms with Crippen LogP contribution in [0.2, 0.25) is 0 Å². The molecular formula is C17H14FNS. The maximum absolute atomic E-state index is 13.2. The molecule has 0 unspecified atom stereocenters. The SMILES string of the molecule is Fc1cccc(CNc2ccccc2-c2cccs2)c1. The molecule has 3 heteroatoms. The van der Waals surface area contributed by atoms with Gasteiger partial charge in [-0.15, -0.1) is 11.3 Å². The number of anilines is 1. The lowest BCUT2D eigenvalue weighted by Crippen LogP contribution is -2.00. The third-order valence-corrected chi connectivity index (χ3v) is 3.99. The molecule has 0 spiro atoms. The molecule has 0 radical (unpaired) electrons. The Balaban J connectivity index is 1.81. The first-order valence-electron chi connectivity index (χ1n) is 6.44. The second kappa shape index (κ2) is 5.88. The summed E-state index contributed by atoms with van der Waals surface area (Å²) in [6, 6.07) is 19.0. The van der Waals surface area contributed by atoms with Crippen molar-refractivity contribution in [2.45, 2.75) is 6.54 Å². The Labute approximate surface area is 121 Å². The average molecular weight is 283 g/mol. The van der Waals surface area contributed by atoms with Gasteiger partial charge >= 0.3 is 0 Å². The minimum Gasteiger partial charge on any atom is -0.380 e. The molecular weight excluding hydrogens is 269 g/mol. The quantitative estimate of drug-likeness (QED) is 0.697. The van der Waals surface area contributed by atoms with E-state index in [1.54, 1.807) is 23.5 Å². The highest BCUT2D eigenvalue weighted by Crippen LogP contribution is 2.31. The molecule has 0 amide bonds. The molecule has 3 aromatic rings. The maximum atomic E-state index is 13.2. The molecule has 1 heterocycles. The smallest absolute Gasteiger partial charge is 0.123 e. The largest absolute Gasteiger partial charge is 0.380 e. The van der Waals surface area contributed by atoms with Gasteiger partial charge in [-0.3, -0.25) is 0 Å². The summed E-state index contributed by atoms with van der Waals surface area (Å²) in [5, 5.41) is 5.45. The van der Waals surface area contributed by atoms with Crippen molar-refractivity contribution in [2.75, 3.05) is 5.32 Å². The zero-order valence-electron chi connectivity index (χ0n) is 10.8. The molecule has 0 aliphatic rings. The fourth-order valence-corrected chi connectivity index (χ4v) is 2.89. The highest BCUT2D eigenvalue weighted by molar-refractivity contribution is 7.13. The van der Waals surface area contributed by atoms with Crippen molar-refractivity contribution in [3.05, 3.63) is 77.4 Å². The monoisotopic (exact) mass is 283 g/mol. The van der Waals surface area contributed by atoms with Gasteiger partial charge in [0.15, 0.2) is 0 Å². The maximum Gasteiger partial charge on any atom is 0.123 e. The summed E-state index contributed by atoms with van der Waals surface area (Å²) in [5.41, 5.74) is 3.18. The van der Waals surface area contributed by atoms with Crippen LogP contribution in [0.1, 0.15) is 5.56 Å². The second-order valence-corrected chi connectivity index (χ2v) is 5.45. The van der Waals surface area contributed by atoms with Gasteiger partial charge in [0.05, 0.1) is 0 Å². The Kier molecular flexibility index (Phi) is 3.79. The van der Waals surface area contributed by atoms with Crippen LogP contribution < -0.4 is 5.32 Å². The van der Waals surface area contributed by atoms with Crippen LogP contribution in [0.5, 0.6) is 0 Å². The van der Waals surface area contributed by atoms with Crippen molar-refractivity contribution in [3.8, 4) is 10.4 Å². The first-order chi connectivity index (χ1) is 9.83.